The first-order valence-corrected chi connectivity index (χ1v) is 10.4. The van der Waals surface area contributed by atoms with Crippen LogP contribution < -0.4 is 10.1 Å². The standard InChI is InChI=1S/C23H30F2N2O2/c24-22-9-8-19(13-23(22)25)15-26-14-18-6-5-7-21(12-18)29-17-20(28)16-27-10-3-1-2-4-11-27/h5-9,12-13,20,26,28H,1-4,10-11,14-17H2. The molecule has 158 valence electrons. The molecular weight excluding hydrogens is 374 g/mol. The third kappa shape index (κ3) is 7.38. The first-order valence-electron chi connectivity index (χ1n) is 10.4. The molecule has 1 saturated heterocycles. The van der Waals surface area contributed by atoms with Gasteiger partial charge in [-0.3, -0.25) is 0 Å². The molecule has 1 unspecified atom stereocenters. The molecule has 0 amide bonds. The van der Waals surface area contributed by atoms with Crippen LogP contribution in [0.4, 0.5) is 8.78 Å². The number of ether oxygens (including phenoxy) is 1. The molecule has 0 aromatic heterocycles. The van der Waals surface area contributed by atoms with Crippen LogP contribution in [0.3, 0.4) is 0 Å². The fourth-order valence-electron chi connectivity index (χ4n) is 3.61. The van der Waals surface area contributed by atoms with Crippen LogP contribution in [0.25, 0.3) is 0 Å². The van der Waals surface area contributed by atoms with Crippen LogP contribution in [0.2, 0.25) is 0 Å². The van der Waals surface area contributed by atoms with Crippen LogP contribution in [0, 0.1) is 11.6 Å². The lowest BCUT2D eigenvalue weighted by Crippen LogP contribution is -2.36. The molecule has 1 aliphatic heterocycles. The molecule has 0 aliphatic carbocycles. The lowest BCUT2D eigenvalue weighted by molar-refractivity contribution is 0.0693. The van der Waals surface area contributed by atoms with E-state index in [-0.39, 0.29) is 6.61 Å². The van der Waals surface area contributed by atoms with Crippen molar-refractivity contribution in [1.82, 2.24) is 10.2 Å². The van der Waals surface area contributed by atoms with Gasteiger partial charge in [-0.1, -0.05) is 31.0 Å². The Morgan fingerprint density at radius 2 is 1.66 bits per heavy atom. The van der Waals surface area contributed by atoms with Crippen molar-refractivity contribution in [3.63, 3.8) is 0 Å². The summed E-state index contributed by atoms with van der Waals surface area (Å²) in [7, 11) is 0. The van der Waals surface area contributed by atoms with Crippen molar-refractivity contribution in [2.45, 2.75) is 44.9 Å². The Bertz CT molecular complexity index is 764. The number of nitrogens with one attached hydrogen (secondary N) is 1. The molecule has 1 atom stereocenters. The molecule has 2 aromatic rings. The van der Waals surface area contributed by atoms with E-state index in [2.05, 4.69) is 10.2 Å². The van der Waals surface area contributed by atoms with Gasteiger partial charge in [-0.2, -0.15) is 0 Å². The SMILES string of the molecule is OC(COc1cccc(CNCc2ccc(F)c(F)c2)c1)CN1CCCCCC1. The van der Waals surface area contributed by atoms with E-state index in [9.17, 15) is 13.9 Å². The Kier molecular flexibility index (Phi) is 8.40. The molecule has 2 N–H and O–H groups in total. The van der Waals surface area contributed by atoms with Gasteiger partial charge in [0.2, 0.25) is 0 Å². The Hall–Kier alpha value is -2.02. The van der Waals surface area contributed by atoms with Crippen molar-refractivity contribution in [1.29, 1.82) is 0 Å². The number of hydrogen-bond acceptors (Lipinski definition) is 4. The van der Waals surface area contributed by atoms with E-state index in [4.69, 9.17) is 4.74 Å². The molecule has 1 fully saturated rings. The fourth-order valence-corrected chi connectivity index (χ4v) is 3.61. The van der Waals surface area contributed by atoms with Crippen LogP contribution in [-0.4, -0.2) is 42.4 Å². The molecule has 0 spiro atoms. The first-order chi connectivity index (χ1) is 14.1. The number of hydrogen-bond donors (Lipinski definition) is 2. The molecule has 3 rings (SSSR count). The average molecular weight is 405 g/mol. The maximum atomic E-state index is 13.3. The Morgan fingerprint density at radius 3 is 2.38 bits per heavy atom. The van der Waals surface area contributed by atoms with Crippen molar-refractivity contribution in [2.24, 2.45) is 0 Å². The highest BCUT2D eigenvalue weighted by molar-refractivity contribution is 5.28. The van der Waals surface area contributed by atoms with Crippen molar-refractivity contribution < 1.29 is 18.6 Å². The van der Waals surface area contributed by atoms with Gasteiger partial charge in [-0.05, 0) is 61.3 Å². The number of β-amino-alcohol motifs (C(OH)–C–C–N with tert-alkyl or cyclic N) is 1. The van der Waals surface area contributed by atoms with Gasteiger partial charge in [-0.15, -0.1) is 0 Å². The molecular formula is C23H30F2N2O2. The Morgan fingerprint density at radius 1 is 0.931 bits per heavy atom. The summed E-state index contributed by atoms with van der Waals surface area (Å²) < 4.78 is 32.0. The molecule has 4 nitrogen and oxygen atoms in total. The van der Waals surface area contributed by atoms with Gasteiger partial charge in [0.15, 0.2) is 11.6 Å². The van der Waals surface area contributed by atoms with Crippen LogP contribution >= 0.6 is 0 Å². The molecule has 1 heterocycles. The lowest BCUT2D eigenvalue weighted by Gasteiger charge is -2.23. The zero-order chi connectivity index (χ0) is 20.5. The maximum absolute atomic E-state index is 13.3. The predicted octanol–water partition coefficient (Wildman–Crippen LogP) is 3.87. The van der Waals surface area contributed by atoms with Crippen LogP contribution in [-0.2, 0) is 13.1 Å². The zero-order valence-corrected chi connectivity index (χ0v) is 16.7. The Balaban J connectivity index is 1.42. The van der Waals surface area contributed by atoms with E-state index in [0.29, 0.717) is 30.9 Å². The van der Waals surface area contributed by atoms with Gasteiger partial charge < -0.3 is 20.1 Å². The molecule has 0 saturated carbocycles. The van der Waals surface area contributed by atoms with Gasteiger partial charge in [0.05, 0.1) is 0 Å². The number of aliphatic hydroxyl groups excluding tert-OH is 1. The summed E-state index contributed by atoms with van der Waals surface area (Å²) in [6.07, 6.45) is 4.45. The molecule has 0 radical (unpaired) electrons. The summed E-state index contributed by atoms with van der Waals surface area (Å²) in [6.45, 7) is 4.04. The summed E-state index contributed by atoms with van der Waals surface area (Å²) in [6, 6.07) is 11.6. The third-order valence-corrected chi connectivity index (χ3v) is 5.15. The first kappa shape index (κ1) is 21.7. The van der Waals surface area contributed by atoms with Crippen LogP contribution in [0.15, 0.2) is 42.5 Å². The highest BCUT2D eigenvalue weighted by atomic mass is 19.2. The largest absolute Gasteiger partial charge is 0.491 e. The van der Waals surface area contributed by atoms with Gasteiger partial charge in [0, 0.05) is 19.6 Å². The van der Waals surface area contributed by atoms with Crippen LogP contribution in [0.1, 0.15) is 36.8 Å². The number of aliphatic hydroxyl groups is 1. The molecule has 29 heavy (non-hydrogen) atoms. The molecule has 1 aliphatic rings. The van der Waals surface area contributed by atoms with Gasteiger partial charge in [0.1, 0.15) is 18.5 Å². The maximum Gasteiger partial charge on any atom is 0.159 e. The summed E-state index contributed by atoms with van der Waals surface area (Å²) in [5, 5.41) is 13.5. The van der Waals surface area contributed by atoms with Crippen LogP contribution in [0.5, 0.6) is 5.75 Å². The second kappa shape index (κ2) is 11.2. The quantitative estimate of drug-likeness (QED) is 0.666. The predicted molar refractivity (Wildman–Crippen MR) is 110 cm³/mol. The molecule has 0 bridgehead atoms. The van der Waals surface area contributed by atoms with Crippen molar-refractivity contribution in [3.8, 4) is 5.75 Å². The van der Waals surface area contributed by atoms with E-state index < -0.39 is 17.7 Å². The minimum atomic E-state index is -0.836. The second-order valence-corrected chi connectivity index (χ2v) is 7.68. The van der Waals surface area contributed by atoms with E-state index in [0.717, 1.165) is 24.7 Å². The number of nitrogens with zero attached hydrogens (tertiary/aromatic N) is 1. The minimum Gasteiger partial charge on any atom is -0.491 e. The third-order valence-electron chi connectivity index (χ3n) is 5.15. The molecule has 6 heteroatoms. The van der Waals surface area contributed by atoms with Crippen molar-refractivity contribution >= 4 is 0 Å². The smallest absolute Gasteiger partial charge is 0.159 e. The van der Waals surface area contributed by atoms with E-state index >= 15 is 0 Å². The lowest BCUT2D eigenvalue weighted by atomic mass is 10.2. The highest BCUT2D eigenvalue weighted by Crippen LogP contribution is 2.15. The fraction of sp³-hybridized carbons (Fsp3) is 0.478. The zero-order valence-electron chi connectivity index (χ0n) is 16.7. The van der Waals surface area contributed by atoms with E-state index in [1.807, 2.05) is 24.3 Å². The normalized spacial score (nSPS) is 16.4. The summed E-state index contributed by atoms with van der Waals surface area (Å²) in [5.74, 6) is -0.956. The monoisotopic (exact) mass is 404 g/mol. The van der Waals surface area contributed by atoms with E-state index in [1.165, 1.54) is 31.7 Å². The highest BCUT2D eigenvalue weighted by Gasteiger charge is 2.14. The number of benzene rings is 2. The van der Waals surface area contributed by atoms with Gasteiger partial charge in [0.25, 0.3) is 0 Å². The van der Waals surface area contributed by atoms with E-state index in [1.54, 1.807) is 6.07 Å². The number of rotatable bonds is 9. The summed E-state index contributed by atoms with van der Waals surface area (Å²) in [4.78, 5) is 2.32. The Labute approximate surface area is 171 Å². The average Bonchev–Trinajstić information content (AvgIpc) is 2.98. The number of likely N-dealkylation sites (tertiary alicyclic amines) is 1. The molecule has 2 aromatic carbocycles. The summed E-state index contributed by atoms with van der Waals surface area (Å²) >= 11 is 0. The van der Waals surface area contributed by atoms with Gasteiger partial charge in [-0.25, -0.2) is 8.78 Å². The van der Waals surface area contributed by atoms with Crippen molar-refractivity contribution in [3.05, 3.63) is 65.2 Å². The van der Waals surface area contributed by atoms with Crippen molar-refractivity contribution in [2.75, 3.05) is 26.2 Å². The summed E-state index contributed by atoms with van der Waals surface area (Å²) in [5.41, 5.74) is 1.71. The number of halogens is 2. The topological polar surface area (TPSA) is 44.7 Å². The minimum absolute atomic E-state index is 0.266. The van der Waals surface area contributed by atoms with Gasteiger partial charge >= 0.3 is 0 Å². The second-order valence-electron chi connectivity index (χ2n) is 7.68.